The van der Waals surface area contributed by atoms with E-state index in [-0.39, 0.29) is 11.8 Å². The first-order valence-corrected chi connectivity index (χ1v) is 18.8. The molecular formula is C47H55N3. The number of aryl methyl sites for hydroxylation is 1. The Morgan fingerprint density at radius 2 is 1.80 bits per heavy atom. The van der Waals surface area contributed by atoms with E-state index < -0.39 is 5.54 Å². The molecule has 0 fully saturated rings. The van der Waals surface area contributed by atoms with Gasteiger partial charge < -0.3 is 5.73 Å². The molecular weight excluding hydrogens is 607 g/mol. The number of hydrogen-bond acceptors (Lipinski definition) is 2. The third-order valence-corrected chi connectivity index (χ3v) is 11.5. The molecule has 4 atom stereocenters. The van der Waals surface area contributed by atoms with Crippen molar-refractivity contribution in [2.24, 2.45) is 33.5 Å². The molecule has 3 unspecified atom stereocenters. The number of aliphatic imine (C=N–C) groups is 2. The second-order valence-electron chi connectivity index (χ2n) is 14.7. The molecule has 2 aromatic carbocycles. The number of rotatable bonds is 10. The Bertz CT molecular complexity index is 1930. The van der Waals surface area contributed by atoms with Crippen molar-refractivity contribution >= 4 is 28.4 Å². The Balaban J connectivity index is 1.40. The van der Waals surface area contributed by atoms with E-state index in [1.165, 1.54) is 50.6 Å². The predicted octanol–water partition coefficient (Wildman–Crippen LogP) is 11.6. The summed E-state index contributed by atoms with van der Waals surface area (Å²) in [7, 11) is 0. The van der Waals surface area contributed by atoms with E-state index >= 15 is 0 Å². The van der Waals surface area contributed by atoms with Gasteiger partial charge in [0.05, 0.1) is 12.1 Å². The first-order valence-electron chi connectivity index (χ1n) is 18.8. The summed E-state index contributed by atoms with van der Waals surface area (Å²) in [5.74, 6) is 1.80. The van der Waals surface area contributed by atoms with Gasteiger partial charge in [-0.15, -0.1) is 0 Å². The van der Waals surface area contributed by atoms with Gasteiger partial charge in [0.25, 0.3) is 0 Å². The molecule has 3 nitrogen and oxygen atoms in total. The zero-order chi connectivity index (χ0) is 35.1. The maximum Gasteiger partial charge on any atom is 0.150 e. The molecule has 0 aromatic heterocycles. The van der Waals surface area contributed by atoms with Crippen LogP contribution in [0.1, 0.15) is 84.3 Å². The summed E-state index contributed by atoms with van der Waals surface area (Å²) in [6.07, 6.45) is 35.6. The van der Waals surface area contributed by atoms with Crippen LogP contribution in [0, 0.1) is 17.8 Å². The van der Waals surface area contributed by atoms with E-state index in [1.807, 2.05) is 6.21 Å². The highest BCUT2D eigenvalue weighted by molar-refractivity contribution is 6.06. The molecule has 4 aliphatic rings. The van der Waals surface area contributed by atoms with Gasteiger partial charge in [0, 0.05) is 11.8 Å². The average Bonchev–Trinajstić information content (AvgIpc) is 3.41. The maximum absolute atomic E-state index is 6.93. The van der Waals surface area contributed by atoms with E-state index in [0.29, 0.717) is 12.5 Å². The molecule has 0 bridgehead atoms. The van der Waals surface area contributed by atoms with Crippen LogP contribution in [0.5, 0.6) is 0 Å². The fourth-order valence-corrected chi connectivity index (χ4v) is 8.03. The molecule has 50 heavy (non-hydrogen) atoms. The number of fused-ring (bicyclic) bond motifs is 1. The number of nitrogens with two attached hydrogens (primary N) is 1. The van der Waals surface area contributed by atoms with E-state index in [2.05, 4.69) is 144 Å². The molecule has 2 N–H and O–H groups in total. The van der Waals surface area contributed by atoms with Crippen LogP contribution in [-0.2, 0) is 6.42 Å². The van der Waals surface area contributed by atoms with Crippen molar-refractivity contribution < 1.29 is 0 Å². The maximum atomic E-state index is 6.93. The van der Waals surface area contributed by atoms with Gasteiger partial charge in [0.15, 0.2) is 5.84 Å². The molecule has 0 heterocycles. The summed E-state index contributed by atoms with van der Waals surface area (Å²) in [6, 6.07) is 13.8. The van der Waals surface area contributed by atoms with Gasteiger partial charge in [-0.1, -0.05) is 148 Å². The second-order valence-corrected chi connectivity index (χ2v) is 14.7. The van der Waals surface area contributed by atoms with Crippen molar-refractivity contribution in [1.29, 1.82) is 0 Å². The average molecular weight is 662 g/mol. The van der Waals surface area contributed by atoms with E-state index in [0.717, 1.165) is 49.9 Å². The summed E-state index contributed by atoms with van der Waals surface area (Å²) < 4.78 is 0. The van der Waals surface area contributed by atoms with Crippen molar-refractivity contribution in [2.45, 2.75) is 85.1 Å². The van der Waals surface area contributed by atoms with E-state index in [4.69, 9.17) is 15.7 Å². The molecule has 0 amide bonds. The zero-order valence-corrected chi connectivity index (χ0v) is 30.8. The van der Waals surface area contributed by atoms with Crippen LogP contribution in [0.4, 0.5) is 0 Å². The van der Waals surface area contributed by atoms with E-state index in [9.17, 15) is 0 Å². The van der Waals surface area contributed by atoms with Crippen LogP contribution in [0.25, 0.3) is 16.3 Å². The molecule has 0 aliphatic heterocycles. The van der Waals surface area contributed by atoms with Crippen molar-refractivity contribution in [3.8, 4) is 0 Å². The SMILES string of the molecule is CC[C@H](C)C1C(C(N=CC2(N)CC=CC=C2C)=NCC2=CCC=CC=C2)=CC=C(c2ccc(CCC3=C(C)C=CCC3)c3ccccc23)C1C. The third-order valence-electron chi connectivity index (χ3n) is 11.5. The summed E-state index contributed by atoms with van der Waals surface area (Å²) in [4.78, 5) is 10.4. The Morgan fingerprint density at radius 1 is 0.960 bits per heavy atom. The first kappa shape index (κ1) is 35.5. The lowest BCUT2D eigenvalue weighted by Crippen LogP contribution is -2.43. The zero-order valence-electron chi connectivity index (χ0n) is 30.8. The number of nitrogens with zero attached hydrogens (tertiary/aromatic N) is 2. The molecule has 258 valence electrons. The fraction of sp³-hybridized carbons (Fsp3) is 0.362. The molecule has 0 radical (unpaired) electrons. The van der Waals surface area contributed by atoms with Crippen LogP contribution >= 0.6 is 0 Å². The van der Waals surface area contributed by atoms with Gasteiger partial charge >= 0.3 is 0 Å². The van der Waals surface area contributed by atoms with Crippen molar-refractivity contribution in [1.82, 2.24) is 0 Å². The molecule has 6 rings (SSSR count). The fourth-order valence-electron chi connectivity index (χ4n) is 8.03. The minimum absolute atomic E-state index is 0.264. The summed E-state index contributed by atoms with van der Waals surface area (Å²) >= 11 is 0. The van der Waals surface area contributed by atoms with Crippen molar-refractivity contribution in [2.75, 3.05) is 6.54 Å². The van der Waals surface area contributed by atoms with Gasteiger partial charge in [-0.3, -0.25) is 4.99 Å². The molecule has 4 aliphatic carbocycles. The highest BCUT2D eigenvalue weighted by Gasteiger charge is 2.35. The minimum atomic E-state index is -0.613. The topological polar surface area (TPSA) is 50.7 Å². The number of amidine groups is 1. The number of benzene rings is 2. The van der Waals surface area contributed by atoms with Crippen molar-refractivity contribution in [3.05, 3.63) is 148 Å². The first-order chi connectivity index (χ1) is 24.3. The highest BCUT2D eigenvalue weighted by atomic mass is 14.9. The van der Waals surface area contributed by atoms with Crippen LogP contribution < -0.4 is 5.73 Å². The number of hydrogen-bond donors (Lipinski definition) is 1. The predicted molar refractivity (Wildman–Crippen MR) is 218 cm³/mol. The Kier molecular flexibility index (Phi) is 11.4. The van der Waals surface area contributed by atoms with E-state index in [1.54, 1.807) is 5.57 Å². The molecule has 0 saturated heterocycles. The van der Waals surface area contributed by atoms with Crippen LogP contribution in [-0.4, -0.2) is 24.1 Å². The molecule has 3 heteroatoms. The third kappa shape index (κ3) is 7.84. The van der Waals surface area contributed by atoms with Gasteiger partial charge in [0.2, 0.25) is 0 Å². The normalized spacial score (nSPS) is 24.7. The largest absolute Gasteiger partial charge is 0.317 e. The van der Waals surface area contributed by atoms with Gasteiger partial charge in [-0.2, -0.15) is 0 Å². The van der Waals surface area contributed by atoms with Crippen LogP contribution in [0.3, 0.4) is 0 Å². The Morgan fingerprint density at radius 3 is 2.60 bits per heavy atom. The molecule has 2 aromatic rings. The monoisotopic (exact) mass is 661 g/mol. The van der Waals surface area contributed by atoms with Crippen LogP contribution in [0.15, 0.2) is 147 Å². The Labute approximate surface area is 301 Å². The quantitative estimate of drug-likeness (QED) is 0.200. The molecule has 0 saturated carbocycles. The standard InChI is InChI=1S/C47H55N3/c1-6-33(2)45-36(5)40(43-27-26-39(41-22-13-14-23-42(41)43)25-24-38-21-12-11-17-34(38)3)28-29-44(45)46(49-31-37-19-9-7-8-10-20-37)50-32-47(48)30-16-15-18-35(47)4/h7-9,11,13-20,22-23,26-29,32-33,36,45H,6,10,12,21,24-25,30-31,48H2,1-5H3/t33-,36?,45?,47?/m0/s1. The lowest BCUT2D eigenvalue weighted by atomic mass is 9.69. The lowest BCUT2D eigenvalue weighted by molar-refractivity contribution is 0.345. The highest BCUT2D eigenvalue weighted by Crippen LogP contribution is 2.44. The second kappa shape index (κ2) is 16.1. The van der Waals surface area contributed by atoms with Crippen molar-refractivity contribution in [3.63, 3.8) is 0 Å². The van der Waals surface area contributed by atoms with Crippen LogP contribution in [0.2, 0.25) is 0 Å². The lowest BCUT2D eigenvalue weighted by Gasteiger charge is -2.36. The van der Waals surface area contributed by atoms with Gasteiger partial charge in [-0.25, -0.2) is 4.99 Å². The van der Waals surface area contributed by atoms with Gasteiger partial charge in [0.1, 0.15) is 0 Å². The Hall–Kier alpha value is -4.34. The summed E-state index contributed by atoms with van der Waals surface area (Å²) in [6.45, 7) is 12.1. The summed E-state index contributed by atoms with van der Waals surface area (Å²) in [5, 5.41) is 2.73. The minimum Gasteiger partial charge on any atom is -0.317 e. The summed E-state index contributed by atoms with van der Waals surface area (Å²) in [5.41, 5.74) is 17.1. The smallest absolute Gasteiger partial charge is 0.150 e. The number of allylic oxidation sites excluding steroid dienone is 13. The van der Waals surface area contributed by atoms with Gasteiger partial charge in [-0.05, 0) is 109 Å². The molecule has 0 spiro atoms.